The molecule has 0 bridgehead atoms. The van der Waals surface area contributed by atoms with Crippen LogP contribution in [0, 0.1) is 11.6 Å². The predicted molar refractivity (Wildman–Crippen MR) is 84.8 cm³/mol. The van der Waals surface area contributed by atoms with Crippen molar-refractivity contribution in [3.8, 4) is 17.1 Å². The average molecular weight is 403 g/mol. The van der Waals surface area contributed by atoms with Gasteiger partial charge in [0.15, 0.2) is 21.3 Å². The van der Waals surface area contributed by atoms with Crippen molar-refractivity contribution in [3.63, 3.8) is 0 Å². The molecule has 0 aliphatic rings. The molecule has 0 spiro atoms. The summed E-state index contributed by atoms with van der Waals surface area (Å²) in [5, 5.41) is 3.41. The van der Waals surface area contributed by atoms with E-state index < -0.39 is 33.3 Å². The zero-order chi connectivity index (χ0) is 20.0. The highest BCUT2D eigenvalue weighted by Gasteiger charge is 2.35. The van der Waals surface area contributed by atoms with E-state index in [1.54, 1.807) is 0 Å². The molecule has 5 nitrogen and oxygen atoms in total. The Morgan fingerprint density at radius 3 is 2.11 bits per heavy atom. The largest absolute Gasteiger partial charge is 0.435 e. The second kappa shape index (κ2) is 6.41. The van der Waals surface area contributed by atoms with Crippen molar-refractivity contribution < 1.29 is 30.4 Å². The molecule has 1 aromatic carbocycles. The topological polar surface area (TPSA) is 64.8 Å². The summed E-state index contributed by atoms with van der Waals surface area (Å²) in [6.45, 7) is 0. The summed E-state index contributed by atoms with van der Waals surface area (Å²) in [5.41, 5.74) is -1.75. The number of hydrogen-bond donors (Lipinski definition) is 0. The lowest BCUT2D eigenvalue weighted by molar-refractivity contribution is -0.141. The number of alkyl halides is 3. The van der Waals surface area contributed by atoms with Gasteiger partial charge in [-0.15, -0.1) is 0 Å². The van der Waals surface area contributed by atoms with Crippen LogP contribution in [0.4, 0.5) is 22.0 Å². The maximum atomic E-state index is 13.5. The van der Waals surface area contributed by atoms with E-state index in [-0.39, 0.29) is 22.0 Å². The molecule has 27 heavy (non-hydrogen) atoms. The number of rotatable bonds is 3. The zero-order valence-corrected chi connectivity index (χ0v) is 14.3. The van der Waals surface area contributed by atoms with Gasteiger partial charge in [0.05, 0.1) is 10.6 Å². The molecule has 0 radical (unpaired) electrons. The normalized spacial score (nSPS) is 12.4. The molecule has 0 unspecified atom stereocenters. The number of pyridine rings is 1. The lowest BCUT2D eigenvalue weighted by Gasteiger charge is -2.08. The summed E-state index contributed by atoms with van der Waals surface area (Å²) < 4.78 is 89.9. The number of aromatic nitrogens is 3. The van der Waals surface area contributed by atoms with Gasteiger partial charge in [0.1, 0.15) is 11.6 Å². The Bertz CT molecular complexity index is 1090. The van der Waals surface area contributed by atoms with Crippen LogP contribution in [-0.2, 0) is 16.0 Å². The van der Waals surface area contributed by atoms with Gasteiger partial charge in [-0.05, 0) is 30.3 Å². The van der Waals surface area contributed by atoms with E-state index in [0.29, 0.717) is 12.1 Å². The van der Waals surface area contributed by atoms with Gasteiger partial charge >= 0.3 is 6.18 Å². The molecule has 0 fully saturated rings. The Hall–Kier alpha value is -2.82. The first-order chi connectivity index (χ1) is 12.4. The minimum atomic E-state index is -4.81. The summed E-state index contributed by atoms with van der Waals surface area (Å²) >= 11 is 0. The zero-order valence-electron chi connectivity index (χ0n) is 13.5. The summed E-state index contributed by atoms with van der Waals surface area (Å²) in [7, 11) is -3.56. The van der Waals surface area contributed by atoms with E-state index in [0.717, 1.165) is 41.4 Å². The fraction of sp³-hybridized carbons (Fsp3) is 0.125. The lowest BCUT2D eigenvalue weighted by atomic mass is 10.1. The van der Waals surface area contributed by atoms with Gasteiger partial charge in [0.25, 0.3) is 0 Å². The summed E-state index contributed by atoms with van der Waals surface area (Å²) in [6.07, 6.45) is -2.91. The summed E-state index contributed by atoms with van der Waals surface area (Å²) in [6, 6.07) is 5.18. The molecule has 3 aromatic rings. The Balaban J connectivity index is 2.21. The van der Waals surface area contributed by atoms with Crippen LogP contribution in [0.2, 0.25) is 0 Å². The second-order valence-electron chi connectivity index (χ2n) is 5.61. The molecule has 0 aliphatic carbocycles. The molecule has 142 valence electrons. The monoisotopic (exact) mass is 403 g/mol. The smallest absolute Gasteiger partial charge is 0.236 e. The molecule has 0 N–H and O–H groups in total. The Morgan fingerprint density at radius 2 is 1.63 bits per heavy atom. The van der Waals surface area contributed by atoms with E-state index in [1.165, 1.54) is 0 Å². The molecule has 2 aromatic heterocycles. The second-order valence-corrected chi connectivity index (χ2v) is 7.62. The van der Waals surface area contributed by atoms with Gasteiger partial charge in [0.2, 0.25) is 0 Å². The molecule has 3 rings (SSSR count). The SMILES string of the molecule is CS(=O)(=O)c1ccc(-n2nc(C(F)(F)F)cc2-c2cc(F)cc(F)c2)nc1. The predicted octanol–water partition coefficient (Wildman–Crippen LogP) is 3.63. The molecular weight excluding hydrogens is 393 g/mol. The minimum absolute atomic E-state index is 0.146. The number of sulfone groups is 1. The van der Waals surface area contributed by atoms with Gasteiger partial charge in [0, 0.05) is 24.1 Å². The van der Waals surface area contributed by atoms with E-state index >= 15 is 0 Å². The maximum Gasteiger partial charge on any atom is 0.435 e. The molecule has 0 amide bonds. The molecule has 2 heterocycles. The Kier molecular flexibility index (Phi) is 4.50. The fourth-order valence-electron chi connectivity index (χ4n) is 2.32. The van der Waals surface area contributed by atoms with Crippen molar-refractivity contribution in [2.45, 2.75) is 11.1 Å². The van der Waals surface area contributed by atoms with E-state index in [2.05, 4.69) is 10.1 Å². The lowest BCUT2D eigenvalue weighted by Crippen LogP contribution is -2.08. The summed E-state index contributed by atoms with van der Waals surface area (Å²) in [4.78, 5) is 3.66. The van der Waals surface area contributed by atoms with Crippen molar-refractivity contribution in [2.75, 3.05) is 6.26 Å². The van der Waals surface area contributed by atoms with Gasteiger partial charge in [-0.2, -0.15) is 18.3 Å². The Morgan fingerprint density at radius 1 is 1.00 bits per heavy atom. The molecule has 0 saturated carbocycles. The van der Waals surface area contributed by atoms with E-state index in [9.17, 15) is 30.4 Å². The minimum Gasteiger partial charge on any atom is -0.236 e. The van der Waals surface area contributed by atoms with Crippen molar-refractivity contribution in [3.05, 3.63) is 59.9 Å². The van der Waals surface area contributed by atoms with Gasteiger partial charge in [-0.25, -0.2) is 26.9 Å². The van der Waals surface area contributed by atoms with Crippen LogP contribution in [0.5, 0.6) is 0 Å². The van der Waals surface area contributed by atoms with Crippen molar-refractivity contribution in [1.29, 1.82) is 0 Å². The summed E-state index contributed by atoms with van der Waals surface area (Å²) in [5.74, 6) is -2.11. The number of nitrogens with zero attached hydrogens (tertiary/aromatic N) is 3. The molecule has 0 aliphatic heterocycles. The van der Waals surface area contributed by atoms with Gasteiger partial charge < -0.3 is 0 Å². The molecule has 0 saturated heterocycles. The highest BCUT2D eigenvalue weighted by molar-refractivity contribution is 7.90. The van der Waals surface area contributed by atoms with Crippen LogP contribution < -0.4 is 0 Å². The van der Waals surface area contributed by atoms with Gasteiger partial charge in [-0.3, -0.25) is 0 Å². The van der Waals surface area contributed by atoms with Crippen LogP contribution in [0.3, 0.4) is 0 Å². The van der Waals surface area contributed by atoms with E-state index in [4.69, 9.17) is 0 Å². The van der Waals surface area contributed by atoms with Crippen molar-refractivity contribution in [2.24, 2.45) is 0 Å². The van der Waals surface area contributed by atoms with Crippen molar-refractivity contribution >= 4 is 9.84 Å². The maximum absolute atomic E-state index is 13.5. The van der Waals surface area contributed by atoms with Crippen molar-refractivity contribution in [1.82, 2.24) is 14.8 Å². The van der Waals surface area contributed by atoms with Crippen LogP contribution >= 0.6 is 0 Å². The third-order valence-electron chi connectivity index (χ3n) is 3.52. The molecule has 0 atom stereocenters. The highest BCUT2D eigenvalue weighted by atomic mass is 32.2. The number of hydrogen-bond acceptors (Lipinski definition) is 4. The van der Waals surface area contributed by atoms with E-state index in [1.807, 2.05) is 0 Å². The average Bonchev–Trinajstić information content (AvgIpc) is 2.99. The standard InChI is InChI=1S/C16H10F5N3O2S/c1-27(25,26)12-2-3-15(22-8-12)24-13(7-14(23-24)16(19,20)21)9-4-10(17)6-11(18)5-9/h2-8H,1H3. The third-order valence-corrected chi connectivity index (χ3v) is 4.62. The first-order valence-electron chi connectivity index (χ1n) is 7.25. The van der Waals surface area contributed by atoms with Crippen LogP contribution in [-0.4, -0.2) is 29.4 Å². The number of benzene rings is 1. The third kappa shape index (κ3) is 3.97. The Labute approximate surface area is 150 Å². The highest BCUT2D eigenvalue weighted by Crippen LogP contribution is 2.33. The first-order valence-corrected chi connectivity index (χ1v) is 9.14. The molecular formula is C16H10F5N3O2S. The quantitative estimate of drug-likeness (QED) is 0.627. The molecule has 11 heteroatoms. The number of halogens is 5. The van der Waals surface area contributed by atoms with Gasteiger partial charge in [-0.1, -0.05) is 0 Å². The fourth-order valence-corrected chi connectivity index (χ4v) is 2.88. The van der Waals surface area contributed by atoms with Crippen LogP contribution in [0.15, 0.2) is 47.5 Å². The van der Waals surface area contributed by atoms with Crippen LogP contribution in [0.1, 0.15) is 5.69 Å². The van der Waals surface area contributed by atoms with Crippen LogP contribution in [0.25, 0.3) is 17.1 Å². The first kappa shape index (κ1) is 19.0.